The summed E-state index contributed by atoms with van der Waals surface area (Å²) >= 11 is 0. The second kappa shape index (κ2) is 5.87. The fraction of sp³-hybridized carbons (Fsp3) is 0.500. The van der Waals surface area contributed by atoms with Gasteiger partial charge < -0.3 is 15.7 Å². The zero-order valence-electron chi connectivity index (χ0n) is 11.4. The van der Waals surface area contributed by atoms with Gasteiger partial charge in [-0.25, -0.2) is 4.79 Å². The summed E-state index contributed by atoms with van der Waals surface area (Å²) in [6.45, 7) is 7.76. The third-order valence-electron chi connectivity index (χ3n) is 3.16. The lowest BCUT2D eigenvalue weighted by Gasteiger charge is -2.27. The van der Waals surface area contributed by atoms with Gasteiger partial charge in [-0.2, -0.15) is 0 Å². The van der Waals surface area contributed by atoms with Crippen molar-refractivity contribution >= 4 is 11.7 Å². The van der Waals surface area contributed by atoms with Crippen LogP contribution in [0.25, 0.3) is 0 Å². The Hall–Kier alpha value is -1.55. The molecule has 18 heavy (non-hydrogen) atoms. The molecule has 0 spiro atoms. The van der Waals surface area contributed by atoms with E-state index < -0.39 is 5.60 Å². The molecule has 1 aromatic carbocycles. The molecular formula is C14H22N2O2. The van der Waals surface area contributed by atoms with Crippen LogP contribution in [0.3, 0.4) is 0 Å². The van der Waals surface area contributed by atoms with E-state index in [2.05, 4.69) is 10.6 Å². The average molecular weight is 250 g/mol. The van der Waals surface area contributed by atoms with Gasteiger partial charge in [0, 0.05) is 12.2 Å². The van der Waals surface area contributed by atoms with Crippen molar-refractivity contribution in [3.05, 3.63) is 29.8 Å². The SMILES string of the molecule is Cc1ccc(NC(=O)NCC(C)(O)C(C)C)cc1. The number of amides is 2. The molecule has 0 fully saturated rings. The number of rotatable bonds is 4. The smallest absolute Gasteiger partial charge is 0.319 e. The van der Waals surface area contributed by atoms with Gasteiger partial charge in [0.1, 0.15) is 0 Å². The quantitative estimate of drug-likeness (QED) is 0.769. The van der Waals surface area contributed by atoms with Crippen molar-refractivity contribution < 1.29 is 9.90 Å². The summed E-state index contributed by atoms with van der Waals surface area (Å²) in [6, 6.07) is 7.24. The topological polar surface area (TPSA) is 61.4 Å². The Morgan fingerprint density at radius 3 is 2.39 bits per heavy atom. The van der Waals surface area contributed by atoms with E-state index in [1.165, 1.54) is 0 Å². The summed E-state index contributed by atoms with van der Waals surface area (Å²) in [6.07, 6.45) is 0. The molecule has 0 aromatic heterocycles. The Kier molecular flexibility index (Phi) is 4.73. The summed E-state index contributed by atoms with van der Waals surface area (Å²) in [7, 11) is 0. The van der Waals surface area contributed by atoms with E-state index in [1.54, 1.807) is 6.92 Å². The minimum absolute atomic E-state index is 0.0807. The zero-order valence-corrected chi connectivity index (χ0v) is 11.4. The van der Waals surface area contributed by atoms with E-state index in [0.29, 0.717) is 0 Å². The predicted octanol–water partition coefficient (Wildman–Crippen LogP) is 2.52. The van der Waals surface area contributed by atoms with Gasteiger partial charge in [-0.3, -0.25) is 0 Å². The minimum Gasteiger partial charge on any atom is -0.388 e. The van der Waals surface area contributed by atoms with Gasteiger partial charge in [0.2, 0.25) is 0 Å². The van der Waals surface area contributed by atoms with Crippen LogP contribution < -0.4 is 10.6 Å². The van der Waals surface area contributed by atoms with Crippen LogP contribution in [0.2, 0.25) is 0 Å². The lowest BCUT2D eigenvalue weighted by molar-refractivity contribution is 0.0170. The molecular weight excluding hydrogens is 228 g/mol. The van der Waals surface area contributed by atoms with E-state index in [1.807, 2.05) is 45.0 Å². The molecule has 1 unspecified atom stereocenters. The second-order valence-electron chi connectivity index (χ2n) is 5.19. The summed E-state index contributed by atoms with van der Waals surface area (Å²) in [5.41, 5.74) is 0.982. The molecule has 1 aromatic rings. The number of carbonyl (C=O) groups is 1. The minimum atomic E-state index is -0.898. The maximum Gasteiger partial charge on any atom is 0.319 e. The normalized spacial score (nSPS) is 14.1. The highest BCUT2D eigenvalue weighted by Crippen LogP contribution is 2.14. The largest absolute Gasteiger partial charge is 0.388 e. The van der Waals surface area contributed by atoms with Crippen LogP contribution in [-0.2, 0) is 0 Å². The van der Waals surface area contributed by atoms with Crippen molar-refractivity contribution in [2.45, 2.75) is 33.3 Å². The molecule has 0 bridgehead atoms. The van der Waals surface area contributed by atoms with E-state index in [4.69, 9.17) is 0 Å². The van der Waals surface area contributed by atoms with Crippen molar-refractivity contribution in [2.24, 2.45) is 5.92 Å². The van der Waals surface area contributed by atoms with Crippen LogP contribution in [0.5, 0.6) is 0 Å². The predicted molar refractivity (Wildman–Crippen MR) is 73.7 cm³/mol. The molecule has 0 aliphatic carbocycles. The number of anilines is 1. The standard InChI is InChI=1S/C14H22N2O2/c1-10(2)14(4,18)9-15-13(17)16-12-7-5-11(3)6-8-12/h5-8,10,18H,9H2,1-4H3,(H2,15,16,17). The highest BCUT2D eigenvalue weighted by atomic mass is 16.3. The molecule has 1 rings (SSSR count). The number of urea groups is 1. The first-order valence-corrected chi connectivity index (χ1v) is 6.15. The molecule has 4 nitrogen and oxygen atoms in total. The summed E-state index contributed by atoms with van der Waals surface area (Å²) < 4.78 is 0. The molecule has 0 aliphatic heterocycles. The second-order valence-corrected chi connectivity index (χ2v) is 5.19. The van der Waals surface area contributed by atoms with Crippen molar-refractivity contribution in [3.63, 3.8) is 0 Å². The number of hydrogen-bond acceptors (Lipinski definition) is 2. The van der Waals surface area contributed by atoms with Gasteiger partial charge >= 0.3 is 6.03 Å². The fourth-order valence-corrected chi connectivity index (χ4v) is 1.28. The molecule has 0 radical (unpaired) electrons. The van der Waals surface area contributed by atoms with Crippen molar-refractivity contribution in [3.8, 4) is 0 Å². The van der Waals surface area contributed by atoms with Gasteiger partial charge in [-0.15, -0.1) is 0 Å². The molecule has 0 saturated heterocycles. The average Bonchev–Trinajstić information content (AvgIpc) is 2.29. The van der Waals surface area contributed by atoms with E-state index in [-0.39, 0.29) is 18.5 Å². The summed E-state index contributed by atoms with van der Waals surface area (Å²) in [5.74, 6) is 0.0807. The zero-order chi connectivity index (χ0) is 13.8. The highest BCUT2D eigenvalue weighted by Gasteiger charge is 2.25. The van der Waals surface area contributed by atoms with Gasteiger partial charge in [0.25, 0.3) is 0 Å². The number of hydrogen-bond donors (Lipinski definition) is 3. The van der Waals surface area contributed by atoms with Crippen molar-refractivity contribution in [2.75, 3.05) is 11.9 Å². The number of carbonyl (C=O) groups excluding carboxylic acids is 1. The summed E-state index contributed by atoms with van der Waals surface area (Å²) in [4.78, 5) is 11.6. The van der Waals surface area contributed by atoms with E-state index >= 15 is 0 Å². The van der Waals surface area contributed by atoms with Gasteiger partial charge in [0.15, 0.2) is 0 Å². The van der Waals surface area contributed by atoms with Crippen LogP contribution in [-0.4, -0.2) is 23.3 Å². The van der Waals surface area contributed by atoms with Crippen molar-refractivity contribution in [1.29, 1.82) is 0 Å². The molecule has 0 aliphatic rings. The Morgan fingerprint density at radius 2 is 1.89 bits per heavy atom. The number of nitrogens with one attached hydrogen (secondary N) is 2. The fourth-order valence-electron chi connectivity index (χ4n) is 1.28. The van der Waals surface area contributed by atoms with E-state index in [0.717, 1.165) is 11.3 Å². The Morgan fingerprint density at radius 1 is 1.33 bits per heavy atom. The van der Waals surface area contributed by atoms with Gasteiger partial charge in [-0.1, -0.05) is 31.5 Å². The maximum absolute atomic E-state index is 11.6. The molecule has 3 N–H and O–H groups in total. The number of aliphatic hydroxyl groups is 1. The Labute approximate surface area is 108 Å². The van der Waals surface area contributed by atoms with Gasteiger partial charge in [-0.05, 0) is 31.9 Å². The first kappa shape index (κ1) is 14.5. The maximum atomic E-state index is 11.6. The molecule has 0 heterocycles. The number of aryl methyl sites for hydroxylation is 1. The third-order valence-corrected chi connectivity index (χ3v) is 3.16. The third kappa shape index (κ3) is 4.37. The lowest BCUT2D eigenvalue weighted by atomic mass is 9.93. The number of benzene rings is 1. The monoisotopic (exact) mass is 250 g/mol. The Balaban J connectivity index is 2.45. The van der Waals surface area contributed by atoms with Crippen LogP contribution in [0, 0.1) is 12.8 Å². The Bertz CT molecular complexity index is 397. The van der Waals surface area contributed by atoms with Crippen molar-refractivity contribution in [1.82, 2.24) is 5.32 Å². The first-order chi connectivity index (χ1) is 8.31. The molecule has 4 heteroatoms. The van der Waals surface area contributed by atoms with Crippen LogP contribution in [0.15, 0.2) is 24.3 Å². The molecule has 2 amide bonds. The molecule has 1 atom stereocenters. The van der Waals surface area contributed by atoms with Gasteiger partial charge in [0.05, 0.1) is 5.60 Å². The van der Waals surface area contributed by atoms with Crippen LogP contribution in [0.4, 0.5) is 10.5 Å². The molecule has 100 valence electrons. The summed E-state index contributed by atoms with van der Waals surface area (Å²) in [5, 5.41) is 15.4. The highest BCUT2D eigenvalue weighted by molar-refractivity contribution is 5.89. The first-order valence-electron chi connectivity index (χ1n) is 6.15. The van der Waals surface area contributed by atoms with E-state index in [9.17, 15) is 9.90 Å². The molecule has 0 saturated carbocycles. The van der Waals surface area contributed by atoms with Crippen LogP contribution >= 0.6 is 0 Å². The lowest BCUT2D eigenvalue weighted by Crippen LogP contribution is -2.45. The van der Waals surface area contributed by atoms with Crippen LogP contribution in [0.1, 0.15) is 26.3 Å².